The number of benzene rings is 3. The van der Waals surface area contributed by atoms with Crippen molar-refractivity contribution in [2.45, 2.75) is 0 Å². The molecule has 3 aromatic carbocycles. The predicted octanol–water partition coefficient (Wildman–Crippen LogP) is 3.41. The fourth-order valence-corrected chi connectivity index (χ4v) is 2.83. The van der Waals surface area contributed by atoms with Crippen LogP contribution in [0.4, 0.5) is 0 Å². The molecule has 1 heterocycles. The van der Waals surface area contributed by atoms with Crippen LogP contribution in [0.2, 0.25) is 0 Å². The zero-order valence-corrected chi connectivity index (χ0v) is 10.8. The third-order valence-corrected chi connectivity index (χ3v) is 3.74. The first-order chi connectivity index (χ1) is 8.83. The monoisotopic (exact) mass is 244 g/mol. The molecule has 1 nitrogen and oxygen atoms in total. The minimum absolute atomic E-state index is 0.939. The van der Waals surface area contributed by atoms with Crippen molar-refractivity contribution >= 4 is 31.5 Å². The number of rotatable bonds is 0. The van der Waals surface area contributed by atoms with Crippen LogP contribution in [0.25, 0.3) is 21.9 Å². The fourth-order valence-electron chi connectivity index (χ4n) is 2.58. The zero-order chi connectivity index (χ0) is 12.1. The van der Waals surface area contributed by atoms with Gasteiger partial charge in [-0.3, -0.25) is 0 Å². The first-order valence-corrected chi connectivity index (χ1v) is 6.50. The summed E-state index contributed by atoms with van der Waals surface area (Å²) >= 11 is 2.71. The van der Waals surface area contributed by atoms with E-state index in [9.17, 15) is 0 Å². The van der Waals surface area contributed by atoms with Crippen LogP contribution in [-0.4, -0.2) is 16.3 Å². The summed E-state index contributed by atoms with van der Waals surface area (Å²) in [5, 5.41) is 2.44. The Morgan fingerprint density at radius 1 is 0.778 bits per heavy atom. The van der Waals surface area contributed by atoms with Gasteiger partial charge in [-0.1, -0.05) is 42.5 Å². The molecule has 2 radical (unpaired) electrons. The molecule has 0 N–H and O–H groups in total. The van der Waals surface area contributed by atoms with E-state index in [1.807, 2.05) is 12.1 Å². The van der Waals surface area contributed by atoms with E-state index in [-0.39, 0.29) is 0 Å². The minimum atomic E-state index is 0.939. The lowest BCUT2D eigenvalue weighted by Crippen LogP contribution is -2.05. The van der Waals surface area contributed by atoms with E-state index in [1.54, 1.807) is 0 Å². The molecule has 0 saturated carbocycles. The highest BCUT2D eigenvalue weighted by Gasteiger charge is 2.18. The van der Waals surface area contributed by atoms with E-state index in [0.717, 1.165) is 15.9 Å². The second-order valence-electron chi connectivity index (χ2n) is 4.52. The molecule has 82 valence electrons. The lowest BCUT2D eigenvalue weighted by Gasteiger charge is -2.21. The highest BCUT2D eigenvalue weighted by Crippen LogP contribution is 2.45. The van der Waals surface area contributed by atoms with Crippen molar-refractivity contribution in [1.29, 1.82) is 0 Å². The molecule has 0 amide bonds. The van der Waals surface area contributed by atoms with Crippen molar-refractivity contribution in [3.8, 4) is 22.6 Å². The molecule has 0 fully saturated rings. The number of hydrogen-bond acceptors (Lipinski definition) is 1. The summed E-state index contributed by atoms with van der Waals surface area (Å²) in [5.74, 6) is 1.89. The summed E-state index contributed by atoms with van der Waals surface area (Å²) in [5.41, 5.74) is 2.43. The van der Waals surface area contributed by atoms with Crippen LogP contribution in [0.1, 0.15) is 0 Å². The van der Waals surface area contributed by atoms with Gasteiger partial charge in [0.05, 0.1) is 0 Å². The van der Waals surface area contributed by atoms with Crippen LogP contribution in [0, 0.1) is 0 Å². The van der Waals surface area contributed by atoms with E-state index in [1.165, 1.54) is 21.9 Å². The van der Waals surface area contributed by atoms with E-state index in [4.69, 9.17) is 4.74 Å². The summed E-state index contributed by atoms with van der Waals surface area (Å²) in [6.45, 7) is 0. The smallest absolute Gasteiger partial charge is 0.175 e. The van der Waals surface area contributed by atoms with Gasteiger partial charge in [-0.15, -0.1) is 4.43 Å². The lowest BCUT2D eigenvalue weighted by atomic mass is 9.95. The second-order valence-corrected chi connectivity index (χ2v) is 5.18. The Bertz CT molecular complexity index is 772. The Kier molecular flexibility index (Phi) is 2.05. The first-order valence-electron chi connectivity index (χ1n) is 5.92. The van der Waals surface area contributed by atoms with Crippen molar-refractivity contribution in [2.75, 3.05) is 0 Å². The van der Waals surface area contributed by atoms with Gasteiger partial charge in [0, 0.05) is 10.9 Å². The maximum Gasteiger partial charge on any atom is 0.175 e. The molecule has 0 aromatic heterocycles. The van der Waals surface area contributed by atoms with Gasteiger partial charge in [0.2, 0.25) is 0 Å². The molecule has 0 aliphatic carbocycles. The van der Waals surface area contributed by atoms with Crippen LogP contribution < -0.4 is 9.16 Å². The molecule has 0 saturated heterocycles. The van der Waals surface area contributed by atoms with Crippen molar-refractivity contribution in [1.82, 2.24) is 0 Å². The van der Waals surface area contributed by atoms with Gasteiger partial charge >= 0.3 is 0 Å². The molecule has 0 bridgehead atoms. The normalized spacial score (nSPS) is 12.0. The SMILES string of the molecule is [Al][c]1ccc2c(c1)Oc1cccc3cccc-2c13. The molecule has 2 heteroatoms. The average Bonchev–Trinajstić information content (AvgIpc) is 2.39. The van der Waals surface area contributed by atoms with Crippen molar-refractivity contribution in [2.24, 2.45) is 0 Å². The van der Waals surface area contributed by atoms with Crippen LogP contribution in [0.5, 0.6) is 11.5 Å². The van der Waals surface area contributed by atoms with E-state index in [2.05, 4.69) is 58.8 Å². The Hall–Kier alpha value is -1.75. The van der Waals surface area contributed by atoms with Crippen molar-refractivity contribution in [3.63, 3.8) is 0 Å². The summed E-state index contributed by atoms with van der Waals surface area (Å²) in [6.07, 6.45) is 0. The highest BCUT2D eigenvalue weighted by molar-refractivity contribution is 6.32. The largest absolute Gasteiger partial charge is 0.456 e. The summed E-state index contributed by atoms with van der Waals surface area (Å²) in [7, 11) is 0. The van der Waals surface area contributed by atoms with Gasteiger partial charge in [-0.25, -0.2) is 0 Å². The van der Waals surface area contributed by atoms with Gasteiger partial charge < -0.3 is 4.74 Å². The Balaban J connectivity index is 2.17. The van der Waals surface area contributed by atoms with E-state index >= 15 is 0 Å². The van der Waals surface area contributed by atoms with E-state index in [0.29, 0.717) is 0 Å². The minimum Gasteiger partial charge on any atom is -0.456 e. The van der Waals surface area contributed by atoms with Gasteiger partial charge in [-0.2, -0.15) is 0 Å². The summed E-state index contributed by atoms with van der Waals surface area (Å²) in [6, 6.07) is 18.9. The molecule has 0 atom stereocenters. The molecule has 1 aliphatic rings. The van der Waals surface area contributed by atoms with Gasteiger partial charge in [0.1, 0.15) is 11.5 Å². The third kappa shape index (κ3) is 1.34. The lowest BCUT2D eigenvalue weighted by molar-refractivity contribution is 0.487. The third-order valence-electron chi connectivity index (χ3n) is 3.38. The predicted molar refractivity (Wildman–Crippen MR) is 74.8 cm³/mol. The van der Waals surface area contributed by atoms with Gasteiger partial charge in [0.15, 0.2) is 16.3 Å². The standard InChI is InChI=1S/C16H9O.Al/c1-2-9-14-12(7-1)13-8-3-5-11-6-4-10-15(17-14)16(11)13;/h1,3-10H;. The van der Waals surface area contributed by atoms with Crippen molar-refractivity contribution < 1.29 is 4.74 Å². The van der Waals surface area contributed by atoms with Gasteiger partial charge in [0.25, 0.3) is 0 Å². The average molecular weight is 244 g/mol. The van der Waals surface area contributed by atoms with Crippen LogP contribution >= 0.6 is 0 Å². The zero-order valence-electron chi connectivity index (χ0n) is 9.68. The van der Waals surface area contributed by atoms with Crippen LogP contribution in [0.3, 0.4) is 0 Å². The number of hydrogen-bond donors (Lipinski definition) is 0. The Morgan fingerprint density at radius 2 is 1.61 bits per heavy atom. The topological polar surface area (TPSA) is 9.23 Å². The molecule has 0 spiro atoms. The molecule has 1 aliphatic heterocycles. The molecule has 0 unspecified atom stereocenters. The number of ether oxygens (including phenoxy) is 1. The van der Waals surface area contributed by atoms with Crippen LogP contribution in [0.15, 0.2) is 54.6 Å². The van der Waals surface area contributed by atoms with Crippen molar-refractivity contribution in [3.05, 3.63) is 54.6 Å². The van der Waals surface area contributed by atoms with E-state index < -0.39 is 0 Å². The van der Waals surface area contributed by atoms with Gasteiger partial charge in [-0.05, 0) is 23.1 Å². The maximum absolute atomic E-state index is 6.02. The molecule has 18 heavy (non-hydrogen) atoms. The summed E-state index contributed by atoms with van der Waals surface area (Å²) < 4.78 is 7.16. The highest BCUT2D eigenvalue weighted by atomic mass is 27.0. The molecule has 4 rings (SSSR count). The molecule has 3 aromatic rings. The quantitative estimate of drug-likeness (QED) is 0.431. The second kappa shape index (κ2) is 3.62. The maximum atomic E-state index is 6.02. The Morgan fingerprint density at radius 3 is 2.50 bits per heavy atom. The first kappa shape index (κ1) is 10.2. The van der Waals surface area contributed by atoms with Crippen LogP contribution in [-0.2, 0) is 0 Å². The Labute approximate surface area is 113 Å². The summed E-state index contributed by atoms with van der Waals surface area (Å²) in [4.78, 5) is 0. The number of fused-ring (bicyclic) bond motifs is 2. The molecular formula is C16H9AlO. The molecular weight excluding hydrogens is 235 g/mol. The fraction of sp³-hybridized carbons (Fsp3) is 0.